The van der Waals surface area contributed by atoms with Gasteiger partial charge >= 0.3 is 0 Å². The molecule has 2 amide bonds. The van der Waals surface area contributed by atoms with Gasteiger partial charge in [-0.3, -0.25) is 9.59 Å². The Morgan fingerprint density at radius 1 is 1.45 bits per heavy atom. The molecule has 108 valence electrons. The zero-order valence-corrected chi connectivity index (χ0v) is 11.9. The van der Waals surface area contributed by atoms with Crippen molar-refractivity contribution in [3.05, 3.63) is 29.0 Å². The maximum Gasteiger partial charge on any atom is 0.249 e. The standard InChI is InChI=1S/C14H16ClFN2O2/c1-2-4-10-14(20)18(8-7-12(19)17-10)11-6-3-5-9(15)13(11)16/h3,5-6,10H,2,4,7-8H2,1H3,(H,17,19). The molecule has 2 rings (SSSR count). The predicted molar refractivity (Wildman–Crippen MR) is 75.2 cm³/mol. The Morgan fingerprint density at radius 2 is 2.20 bits per heavy atom. The molecule has 20 heavy (non-hydrogen) atoms. The Balaban J connectivity index is 2.36. The van der Waals surface area contributed by atoms with Gasteiger partial charge in [0.25, 0.3) is 0 Å². The lowest BCUT2D eigenvalue weighted by Gasteiger charge is -2.24. The van der Waals surface area contributed by atoms with Gasteiger partial charge in [-0.2, -0.15) is 0 Å². The highest BCUT2D eigenvalue weighted by molar-refractivity contribution is 6.31. The second-order valence-electron chi connectivity index (χ2n) is 4.72. The van der Waals surface area contributed by atoms with E-state index in [0.29, 0.717) is 6.42 Å². The summed E-state index contributed by atoms with van der Waals surface area (Å²) < 4.78 is 14.1. The summed E-state index contributed by atoms with van der Waals surface area (Å²) in [5.74, 6) is -1.12. The van der Waals surface area contributed by atoms with Crippen molar-refractivity contribution in [3.8, 4) is 0 Å². The molecule has 1 N–H and O–H groups in total. The fraction of sp³-hybridized carbons (Fsp3) is 0.429. The molecule has 0 aromatic heterocycles. The number of anilines is 1. The van der Waals surface area contributed by atoms with Gasteiger partial charge in [-0.15, -0.1) is 0 Å². The van der Waals surface area contributed by atoms with Crippen LogP contribution in [-0.4, -0.2) is 24.4 Å². The first-order chi connectivity index (χ1) is 9.54. The lowest BCUT2D eigenvalue weighted by Crippen LogP contribution is -2.45. The van der Waals surface area contributed by atoms with Crippen LogP contribution >= 0.6 is 11.6 Å². The number of hydrogen-bond donors (Lipinski definition) is 1. The largest absolute Gasteiger partial charge is 0.344 e. The smallest absolute Gasteiger partial charge is 0.249 e. The zero-order valence-electron chi connectivity index (χ0n) is 11.2. The maximum atomic E-state index is 14.1. The minimum atomic E-state index is -0.632. The highest BCUT2D eigenvalue weighted by Gasteiger charge is 2.31. The molecule has 0 bridgehead atoms. The van der Waals surface area contributed by atoms with E-state index in [-0.39, 0.29) is 35.5 Å². The molecular weight excluding hydrogens is 283 g/mol. The molecular formula is C14H16ClFN2O2. The predicted octanol–water partition coefficient (Wildman–Crippen LogP) is 2.50. The molecule has 1 aliphatic heterocycles. The van der Waals surface area contributed by atoms with E-state index in [2.05, 4.69) is 5.32 Å². The molecule has 1 atom stereocenters. The van der Waals surface area contributed by atoms with Crippen molar-refractivity contribution in [2.75, 3.05) is 11.4 Å². The number of halogens is 2. The van der Waals surface area contributed by atoms with Crippen LogP contribution in [0, 0.1) is 5.82 Å². The van der Waals surface area contributed by atoms with Gasteiger partial charge in [-0.05, 0) is 18.6 Å². The van der Waals surface area contributed by atoms with Crippen LogP contribution in [0.1, 0.15) is 26.2 Å². The second-order valence-corrected chi connectivity index (χ2v) is 5.13. The van der Waals surface area contributed by atoms with Gasteiger partial charge < -0.3 is 10.2 Å². The fourth-order valence-electron chi connectivity index (χ4n) is 2.26. The van der Waals surface area contributed by atoms with E-state index in [0.717, 1.165) is 6.42 Å². The summed E-state index contributed by atoms with van der Waals surface area (Å²) >= 11 is 5.75. The number of nitrogens with one attached hydrogen (secondary N) is 1. The maximum absolute atomic E-state index is 14.1. The summed E-state index contributed by atoms with van der Waals surface area (Å²) in [6.07, 6.45) is 1.43. The molecule has 6 heteroatoms. The number of benzene rings is 1. The molecule has 1 saturated heterocycles. The number of carbonyl (C=O) groups is 2. The lowest BCUT2D eigenvalue weighted by atomic mass is 10.1. The summed E-state index contributed by atoms with van der Waals surface area (Å²) in [6.45, 7) is 2.08. The van der Waals surface area contributed by atoms with E-state index >= 15 is 0 Å². The highest BCUT2D eigenvalue weighted by atomic mass is 35.5. The third-order valence-corrected chi connectivity index (χ3v) is 3.55. The first-order valence-electron chi connectivity index (χ1n) is 6.59. The molecule has 1 unspecified atom stereocenters. The van der Waals surface area contributed by atoms with E-state index < -0.39 is 11.9 Å². The summed E-state index contributed by atoms with van der Waals surface area (Å²) in [4.78, 5) is 25.4. The molecule has 1 aliphatic rings. The van der Waals surface area contributed by atoms with Crippen LogP contribution < -0.4 is 10.2 Å². The van der Waals surface area contributed by atoms with Gasteiger partial charge in [0.05, 0.1) is 10.7 Å². The number of nitrogens with zero attached hydrogens (tertiary/aromatic N) is 1. The van der Waals surface area contributed by atoms with Gasteiger partial charge in [-0.1, -0.05) is 31.0 Å². The van der Waals surface area contributed by atoms with Crippen LogP contribution in [0.2, 0.25) is 5.02 Å². The van der Waals surface area contributed by atoms with E-state index in [1.54, 1.807) is 6.07 Å². The van der Waals surface area contributed by atoms with E-state index in [1.165, 1.54) is 17.0 Å². The molecule has 1 aromatic rings. The molecule has 1 heterocycles. The average Bonchev–Trinajstić information content (AvgIpc) is 2.55. The van der Waals surface area contributed by atoms with Gasteiger partial charge in [0.1, 0.15) is 6.04 Å². The van der Waals surface area contributed by atoms with Gasteiger partial charge in [0.15, 0.2) is 5.82 Å². The Bertz CT molecular complexity index is 536. The Morgan fingerprint density at radius 3 is 2.90 bits per heavy atom. The van der Waals surface area contributed by atoms with Gasteiger partial charge in [0, 0.05) is 13.0 Å². The number of rotatable bonds is 3. The van der Waals surface area contributed by atoms with Crippen molar-refractivity contribution in [3.63, 3.8) is 0 Å². The van der Waals surface area contributed by atoms with Crippen molar-refractivity contribution in [1.29, 1.82) is 0 Å². The normalized spacial score (nSPS) is 19.8. The highest BCUT2D eigenvalue weighted by Crippen LogP contribution is 2.27. The van der Waals surface area contributed by atoms with Crippen LogP contribution in [0.4, 0.5) is 10.1 Å². The third-order valence-electron chi connectivity index (χ3n) is 3.26. The summed E-state index contributed by atoms with van der Waals surface area (Å²) in [5, 5.41) is 2.64. The molecule has 0 saturated carbocycles. The SMILES string of the molecule is CCCC1NC(=O)CCN(c2cccc(Cl)c2F)C1=O. The van der Waals surface area contributed by atoms with Crippen LogP contribution in [0.25, 0.3) is 0 Å². The Labute approximate surface area is 121 Å². The third kappa shape index (κ3) is 2.93. The van der Waals surface area contributed by atoms with Crippen LogP contribution in [0.3, 0.4) is 0 Å². The van der Waals surface area contributed by atoms with Gasteiger partial charge in [0.2, 0.25) is 11.8 Å². The Hall–Kier alpha value is -1.62. The molecule has 0 spiro atoms. The minimum absolute atomic E-state index is 0.0362. The van der Waals surface area contributed by atoms with Crippen molar-refractivity contribution >= 4 is 29.1 Å². The van der Waals surface area contributed by atoms with Crippen LogP contribution in [0.15, 0.2) is 18.2 Å². The van der Waals surface area contributed by atoms with Crippen molar-refractivity contribution < 1.29 is 14.0 Å². The second kappa shape index (κ2) is 6.22. The number of amides is 2. The zero-order chi connectivity index (χ0) is 14.7. The van der Waals surface area contributed by atoms with E-state index in [1.807, 2.05) is 6.92 Å². The first kappa shape index (κ1) is 14.8. The fourth-order valence-corrected chi connectivity index (χ4v) is 2.43. The quantitative estimate of drug-likeness (QED) is 0.932. The van der Waals surface area contributed by atoms with Gasteiger partial charge in [-0.25, -0.2) is 4.39 Å². The number of carbonyl (C=O) groups excluding carboxylic acids is 2. The topological polar surface area (TPSA) is 49.4 Å². The average molecular weight is 299 g/mol. The van der Waals surface area contributed by atoms with Crippen LogP contribution in [0.5, 0.6) is 0 Å². The molecule has 0 aliphatic carbocycles. The van der Waals surface area contributed by atoms with E-state index in [9.17, 15) is 14.0 Å². The molecule has 4 nitrogen and oxygen atoms in total. The monoisotopic (exact) mass is 298 g/mol. The summed E-state index contributed by atoms with van der Waals surface area (Å²) in [5.41, 5.74) is 0.125. The minimum Gasteiger partial charge on any atom is -0.344 e. The first-order valence-corrected chi connectivity index (χ1v) is 6.97. The molecule has 1 fully saturated rings. The summed E-state index contributed by atoms with van der Waals surface area (Å²) in [6, 6.07) is 3.91. The van der Waals surface area contributed by atoms with Crippen molar-refractivity contribution in [2.45, 2.75) is 32.2 Å². The van der Waals surface area contributed by atoms with Crippen molar-refractivity contribution in [2.24, 2.45) is 0 Å². The summed E-state index contributed by atoms with van der Waals surface area (Å²) in [7, 11) is 0. The lowest BCUT2D eigenvalue weighted by molar-refractivity contribution is -0.125. The molecule has 1 aromatic carbocycles. The molecule has 0 radical (unpaired) electrons. The Kier molecular flexibility index (Phi) is 4.60. The van der Waals surface area contributed by atoms with E-state index in [4.69, 9.17) is 11.6 Å². The van der Waals surface area contributed by atoms with Crippen molar-refractivity contribution in [1.82, 2.24) is 5.32 Å². The van der Waals surface area contributed by atoms with Crippen LogP contribution in [-0.2, 0) is 9.59 Å². The number of hydrogen-bond acceptors (Lipinski definition) is 2.